The molecule has 6 nitrogen and oxygen atoms in total. The summed E-state index contributed by atoms with van der Waals surface area (Å²) in [6, 6.07) is -0.862. The van der Waals surface area contributed by atoms with Crippen molar-refractivity contribution in [1.29, 1.82) is 0 Å². The molecule has 0 aromatic heterocycles. The van der Waals surface area contributed by atoms with E-state index < -0.39 is 12.1 Å². The molecule has 0 radical (unpaired) electrons. The van der Waals surface area contributed by atoms with Gasteiger partial charge in [-0.15, -0.1) is 0 Å². The van der Waals surface area contributed by atoms with E-state index >= 15 is 0 Å². The molecule has 0 aliphatic heterocycles. The zero-order valence-corrected chi connectivity index (χ0v) is 14.3. The number of primary amides is 2. The van der Waals surface area contributed by atoms with Crippen molar-refractivity contribution in [2.24, 2.45) is 23.3 Å². The predicted octanol–water partition coefficient (Wildman–Crippen LogP) is 2.86. The number of carbonyl (C=O) groups is 2. The van der Waals surface area contributed by atoms with E-state index in [1.54, 1.807) is 0 Å². The number of rotatable bonds is 8. The predicted molar refractivity (Wildman–Crippen MR) is 92.9 cm³/mol. The minimum Gasteiger partial charge on any atom is -0.352 e. The van der Waals surface area contributed by atoms with E-state index in [0.717, 1.165) is 37.5 Å². The van der Waals surface area contributed by atoms with Crippen molar-refractivity contribution in [2.75, 3.05) is 13.1 Å². The van der Waals surface area contributed by atoms with E-state index in [4.69, 9.17) is 11.5 Å². The lowest BCUT2D eigenvalue weighted by Crippen LogP contribution is -2.30. The van der Waals surface area contributed by atoms with E-state index in [2.05, 4.69) is 10.6 Å². The highest BCUT2D eigenvalue weighted by Crippen LogP contribution is 2.31. The number of carbonyl (C=O) groups excluding carboxylic acids is 2. The number of hydrogen-bond donors (Lipinski definition) is 4. The minimum atomic E-state index is -0.431. The molecule has 1 aliphatic carbocycles. The Labute approximate surface area is 140 Å². The van der Waals surface area contributed by atoms with Crippen LogP contribution in [0.5, 0.6) is 0 Å². The van der Waals surface area contributed by atoms with Crippen LogP contribution < -0.4 is 22.1 Å². The highest BCUT2D eigenvalue weighted by atomic mass is 16.2. The highest BCUT2D eigenvalue weighted by molar-refractivity contribution is 5.71. The van der Waals surface area contributed by atoms with Gasteiger partial charge in [0.25, 0.3) is 0 Å². The van der Waals surface area contributed by atoms with Crippen molar-refractivity contribution in [3.05, 3.63) is 0 Å². The van der Waals surface area contributed by atoms with Gasteiger partial charge >= 0.3 is 12.1 Å². The molecule has 6 N–H and O–H groups in total. The summed E-state index contributed by atoms with van der Waals surface area (Å²) in [6.45, 7) is 1.36. The number of nitrogens with one attached hydrogen (secondary N) is 2. The summed E-state index contributed by atoms with van der Waals surface area (Å²) in [5.74, 6) is 1.49. The first-order valence-corrected chi connectivity index (χ1v) is 9.14. The molecule has 0 spiro atoms. The molecule has 6 heteroatoms. The van der Waals surface area contributed by atoms with Gasteiger partial charge in [0.1, 0.15) is 0 Å². The Kier molecular flexibility index (Phi) is 10.2. The number of nitrogens with two attached hydrogens (primary N) is 2. The Balaban J connectivity index is 2.32. The van der Waals surface area contributed by atoms with Gasteiger partial charge in [0.2, 0.25) is 0 Å². The number of urea groups is 2. The molecular weight excluding hydrogens is 292 g/mol. The third kappa shape index (κ3) is 10.8. The van der Waals surface area contributed by atoms with Gasteiger partial charge in [-0.05, 0) is 43.9 Å². The second-order valence-corrected chi connectivity index (χ2v) is 6.83. The van der Waals surface area contributed by atoms with E-state index in [-0.39, 0.29) is 0 Å². The molecule has 2 unspecified atom stereocenters. The Morgan fingerprint density at radius 2 is 1.22 bits per heavy atom. The normalized spacial score (nSPS) is 22.4. The first-order valence-electron chi connectivity index (χ1n) is 9.14. The van der Waals surface area contributed by atoms with Gasteiger partial charge in [0, 0.05) is 13.1 Å². The molecule has 1 fully saturated rings. The van der Waals surface area contributed by atoms with E-state index in [1.807, 2.05) is 0 Å². The third-order valence-corrected chi connectivity index (χ3v) is 4.82. The Morgan fingerprint density at radius 3 is 1.61 bits per heavy atom. The standard InChI is InChI=1S/C17H34N4O2/c18-16(22)20-11-5-9-14-7-3-1-2-4-8-15(13-14)10-6-12-21-17(19)23/h14-15H,1-13H2,(H3,18,20,22)(H3,19,21,23). The summed E-state index contributed by atoms with van der Waals surface area (Å²) in [5, 5.41) is 5.35. The van der Waals surface area contributed by atoms with Crippen molar-refractivity contribution < 1.29 is 9.59 Å². The van der Waals surface area contributed by atoms with E-state index in [1.165, 1.54) is 44.9 Å². The van der Waals surface area contributed by atoms with Crippen molar-refractivity contribution >= 4 is 12.1 Å². The van der Waals surface area contributed by atoms with Crippen LogP contribution in [0.2, 0.25) is 0 Å². The molecule has 0 bridgehead atoms. The molecule has 134 valence electrons. The Hall–Kier alpha value is -1.46. The lowest BCUT2D eigenvalue weighted by molar-refractivity contribution is 0.247. The number of amides is 4. The topological polar surface area (TPSA) is 110 Å². The molecule has 1 aliphatic rings. The van der Waals surface area contributed by atoms with Crippen LogP contribution in [0.25, 0.3) is 0 Å². The summed E-state index contributed by atoms with van der Waals surface area (Å²) in [7, 11) is 0. The molecule has 23 heavy (non-hydrogen) atoms. The van der Waals surface area contributed by atoms with Gasteiger partial charge in [-0.2, -0.15) is 0 Å². The average Bonchev–Trinajstić information content (AvgIpc) is 2.60. The van der Waals surface area contributed by atoms with Crippen LogP contribution in [0.15, 0.2) is 0 Å². The fraction of sp³-hybridized carbons (Fsp3) is 0.882. The zero-order valence-electron chi connectivity index (χ0n) is 14.3. The first-order chi connectivity index (χ1) is 11.1. The molecule has 0 heterocycles. The minimum absolute atomic E-state index is 0.431. The maximum absolute atomic E-state index is 10.7. The highest BCUT2D eigenvalue weighted by Gasteiger charge is 2.18. The van der Waals surface area contributed by atoms with Crippen molar-refractivity contribution in [3.8, 4) is 0 Å². The molecule has 1 saturated carbocycles. The van der Waals surface area contributed by atoms with Crippen LogP contribution in [0.4, 0.5) is 9.59 Å². The second-order valence-electron chi connectivity index (χ2n) is 6.83. The molecular formula is C17H34N4O2. The van der Waals surface area contributed by atoms with Crippen LogP contribution in [-0.2, 0) is 0 Å². The van der Waals surface area contributed by atoms with Crippen LogP contribution in [0.3, 0.4) is 0 Å². The molecule has 4 amide bonds. The maximum Gasteiger partial charge on any atom is 0.312 e. The van der Waals surface area contributed by atoms with Crippen LogP contribution in [-0.4, -0.2) is 25.2 Å². The lowest BCUT2D eigenvalue weighted by Gasteiger charge is -2.23. The maximum atomic E-state index is 10.7. The lowest BCUT2D eigenvalue weighted by atomic mass is 9.84. The molecule has 2 atom stereocenters. The summed E-state index contributed by atoms with van der Waals surface area (Å²) < 4.78 is 0. The Bertz CT molecular complexity index is 317. The van der Waals surface area contributed by atoms with Crippen LogP contribution in [0, 0.1) is 11.8 Å². The smallest absolute Gasteiger partial charge is 0.312 e. The average molecular weight is 326 g/mol. The fourth-order valence-electron chi connectivity index (χ4n) is 3.66. The first kappa shape index (κ1) is 19.6. The van der Waals surface area contributed by atoms with Gasteiger partial charge in [-0.3, -0.25) is 0 Å². The summed E-state index contributed by atoms with van der Waals surface area (Å²) in [5.41, 5.74) is 10.2. The van der Waals surface area contributed by atoms with Gasteiger partial charge in [-0.1, -0.05) is 38.5 Å². The molecule has 0 saturated heterocycles. The quantitative estimate of drug-likeness (QED) is 0.514. The third-order valence-electron chi connectivity index (χ3n) is 4.82. The largest absolute Gasteiger partial charge is 0.352 e. The van der Waals surface area contributed by atoms with Crippen LogP contribution >= 0.6 is 0 Å². The monoisotopic (exact) mass is 326 g/mol. The van der Waals surface area contributed by atoms with E-state index in [9.17, 15) is 9.59 Å². The van der Waals surface area contributed by atoms with Gasteiger partial charge in [0.15, 0.2) is 0 Å². The molecule has 0 aromatic carbocycles. The molecule has 1 rings (SSSR count). The number of hydrogen-bond acceptors (Lipinski definition) is 2. The van der Waals surface area contributed by atoms with E-state index in [0.29, 0.717) is 13.1 Å². The van der Waals surface area contributed by atoms with Gasteiger partial charge < -0.3 is 22.1 Å². The van der Waals surface area contributed by atoms with Crippen molar-refractivity contribution in [2.45, 2.75) is 70.6 Å². The fourth-order valence-corrected chi connectivity index (χ4v) is 3.66. The van der Waals surface area contributed by atoms with Gasteiger partial charge in [0.05, 0.1) is 0 Å². The van der Waals surface area contributed by atoms with Crippen LogP contribution in [0.1, 0.15) is 70.6 Å². The summed E-state index contributed by atoms with van der Waals surface area (Å²) in [6.07, 6.45) is 13.5. The SMILES string of the molecule is NC(=O)NCCCC1CCCCCCC(CCCNC(N)=O)C1. The zero-order chi connectivity index (χ0) is 16.9. The molecule has 0 aromatic rings. The Morgan fingerprint density at radius 1 is 0.783 bits per heavy atom. The van der Waals surface area contributed by atoms with Gasteiger partial charge in [-0.25, -0.2) is 9.59 Å². The van der Waals surface area contributed by atoms with Crippen molar-refractivity contribution in [1.82, 2.24) is 10.6 Å². The summed E-state index contributed by atoms with van der Waals surface area (Å²) >= 11 is 0. The second kappa shape index (κ2) is 12.0. The van der Waals surface area contributed by atoms with Crippen molar-refractivity contribution in [3.63, 3.8) is 0 Å². The summed E-state index contributed by atoms with van der Waals surface area (Å²) in [4.78, 5) is 21.4.